The van der Waals surface area contributed by atoms with Gasteiger partial charge in [0.25, 0.3) is 0 Å². The molecule has 6 aliphatic rings. The summed E-state index contributed by atoms with van der Waals surface area (Å²) in [6, 6.07) is 13.1. The summed E-state index contributed by atoms with van der Waals surface area (Å²) in [5.74, 6) is 1.59. The van der Waals surface area contributed by atoms with Crippen molar-refractivity contribution in [1.29, 1.82) is 0 Å². The van der Waals surface area contributed by atoms with Crippen molar-refractivity contribution in [3.8, 4) is 11.5 Å². The zero-order valence-corrected chi connectivity index (χ0v) is 20.8. The van der Waals surface area contributed by atoms with Crippen LogP contribution >= 0.6 is 0 Å². The number of aromatic hydroxyl groups is 1. The first-order valence-corrected chi connectivity index (χ1v) is 14.1. The molecule has 0 radical (unpaired) electrons. The molecule has 2 aliphatic heterocycles. The number of H-pyrrole nitrogens is 1. The van der Waals surface area contributed by atoms with Gasteiger partial charge in [0.05, 0.1) is 22.2 Å². The molecule has 0 amide bonds. The van der Waals surface area contributed by atoms with E-state index >= 15 is 0 Å². The van der Waals surface area contributed by atoms with Crippen molar-refractivity contribution in [2.45, 2.75) is 68.1 Å². The molecule has 0 unspecified atom stereocenters. The Morgan fingerprint density at radius 2 is 1.95 bits per heavy atom. The summed E-state index contributed by atoms with van der Waals surface area (Å²) in [6.45, 7) is 2.07. The Morgan fingerprint density at radius 1 is 1.05 bits per heavy atom. The number of aryl methyl sites for hydroxylation is 2. The van der Waals surface area contributed by atoms with E-state index in [1.807, 2.05) is 0 Å². The first-order chi connectivity index (χ1) is 18.1. The fourth-order valence-corrected chi connectivity index (χ4v) is 9.41. The smallest absolute Gasteiger partial charge is 0.166 e. The number of aliphatic hydroxyl groups is 1. The van der Waals surface area contributed by atoms with Crippen LogP contribution in [-0.4, -0.2) is 44.8 Å². The maximum absolute atomic E-state index is 13.1. The molecule has 1 spiro atoms. The van der Waals surface area contributed by atoms with Gasteiger partial charge in [0.2, 0.25) is 0 Å². The van der Waals surface area contributed by atoms with Crippen molar-refractivity contribution in [2.75, 3.05) is 13.1 Å². The van der Waals surface area contributed by atoms with E-state index in [0.29, 0.717) is 12.2 Å². The number of ether oxygens (including phenoxy) is 1. The Hall–Kier alpha value is -3.02. The first-order valence-electron chi connectivity index (χ1n) is 14.1. The Balaban J connectivity index is 1.28. The number of phenolic OH excluding ortho intramolecular Hbond substituents is 1. The number of nitrogens with one attached hydrogen (secondary N) is 1. The second-order valence-corrected chi connectivity index (χ2v) is 12.7. The van der Waals surface area contributed by atoms with Gasteiger partial charge in [-0.25, -0.2) is 0 Å². The molecule has 3 heterocycles. The third-order valence-corrected chi connectivity index (χ3v) is 11.1. The van der Waals surface area contributed by atoms with Crippen LogP contribution in [0.2, 0.25) is 0 Å². The summed E-state index contributed by atoms with van der Waals surface area (Å²) in [5.41, 5.74) is 7.26. The third kappa shape index (κ3) is 2.13. The highest BCUT2D eigenvalue weighted by Gasteiger charge is 2.72. The van der Waals surface area contributed by atoms with E-state index in [4.69, 9.17) is 4.74 Å². The lowest BCUT2D eigenvalue weighted by molar-refractivity contribution is -0.173. The molecule has 10 rings (SSSR count). The topological polar surface area (TPSA) is 68.7 Å². The van der Waals surface area contributed by atoms with Gasteiger partial charge in [-0.2, -0.15) is 0 Å². The highest BCUT2D eigenvalue weighted by molar-refractivity contribution is 6.10. The van der Waals surface area contributed by atoms with E-state index in [1.165, 1.54) is 56.8 Å². The molecule has 1 saturated heterocycles. The predicted molar refractivity (Wildman–Crippen MR) is 141 cm³/mol. The monoisotopic (exact) mass is 490 g/mol. The molecule has 5 heteroatoms. The molecular weight excluding hydrogens is 460 g/mol. The highest BCUT2D eigenvalue weighted by Crippen LogP contribution is 2.69. The van der Waals surface area contributed by atoms with Crippen molar-refractivity contribution < 1.29 is 14.9 Å². The Labute approximate surface area is 215 Å². The lowest BCUT2D eigenvalue weighted by Crippen LogP contribution is -2.74. The second-order valence-electron chi connectivity index (χ2n) is 12.7. The number of piperidine rings is 1. The van der Waals surface area contributed by atoms with Crippen LogP contribution < -0.4 is 4.74 Å². The van der Waals surface area contributed by atoms with Crippen molar-refractivity contribution in [2.24, 2.45) is 5.92 Å². The van der Waals surface area contributed by atoms with Gasteiger partial charge >= 0.3 is 0 Å². The van der Waals surface area contributed by atoms with Crippen LogP contribution in [0, 0.1) is 5.92 Å². The quantitative estimate of drug-likeness (QED) is 0.377. The molecule has 186 valence electrons. The molecule has 1 aromatic heterocycles. The van der Waals surface area contributed by atoms with Crippen LogP contribution in [0.3, 0.4) is 0 Å². The van der Waals surface area contributed by atoms with Crippen LogP contribution in [0.15, 0.2) is 36.4 Å². The molecule has 37 heavy (non-hydrogen) atoms. The van der Waals surface area contributed by atoms with Crippen molar-refractivity contribution in [3.63, 3.8) is 0 Å². The number of hydrogen-bond acceptors (Lipinski definition) is 4. The standard InChI is InChI=1S/C32H30N2O3/c35-23-9-8-19-13-24-32(36)14-22-21-12-18-7-6-17-2-1-3-20(25(17)18)27(21)33-28(22)30-31(32,26(19)29(23)37-30)10-11-34(24)15-16-4-5-16/h1-3,8-9,12,16,24,30,33,35-36H,4-7,10-11,13-15H2/t24-,30+,31+,32-/m1/s1. The van der Waals surface area contributed by atoms with Gasteiger partial charge in [0.1, 0.15) is 0 Å². The predicted octanol–water partition coefficient (Wildman–Crippen LogP) is 4.82. The molecule has 3 N–H and O–H groups in total. The van der Waals surface area contributed by atoms with E-state index < -0.39 is 11.0 Å². The SMILES string of the molecule is Oc1ccc2c3c1O[C@H]1c4[nH]c5c(cc6c7c(cccc75)CC6)c4C[C@@]4(O)[C@@H](C2)N(CC2CC2)CC[C@]314. The second kappa shape index (κ2) is 6.16. The molecule has 2 bridgehead atoms. The summed E-state index contributed by atoms with van der Waals surface area (Å²) < 4.78 is 6.78. The van der Waals surface area contributed by atoms with Crippen LogP contribution in [0.4, 0.5) is 0 Å². The van der Waals surface area contributed by atoms with Gasteiger partial charge in [0.15, 0.2) is 17.6 Å². The van der Waals surface area contributed by atoms with E-state index in [1.54, 1.807) is 6.07 Å². The van der Waals surface area contributed by atoms with E-state index in [0.717, 1.165) is 55.9 Å². The Kier molecular flexibility index (Phi) is 3.33. The van der Waals surface area contributed by atoms with Gasteiger partial charge < -0.3 is 19.9 Å². The minimum Gasteiger partial charge on any atom is -0.504 e. The molecule has 2 fully saturated rings. The number of benzene rings is 3. The zero-order chi connectivity index (χ0) is 24.3. The normalized spacial score (nSPS) is 32.6. The summed E-state index contributed by atoms with van der Waals surface area (Å²) in [5, 5.41) is 28.0. The van der Waals surface area contributed by atoms with E-state index in [-0.39, 0.29) is 17.9 Å². The van der Waals surface area contributed by atoms with Gasteiger partial charge in [0, 0.05) is 35.3 Å². The minimum absolute atomic E-state index is 0.0660. The average Bonchev–Trinajstić information content (AvgIpc) is 3.33. The largest absolute Gasteiger partial charge is 0.504 e. The van der Waals surface area contributed by atoms with Gasteiger partial charge in [-0.3, -0.25) is 4.90 Å². The minimum atomic E-state index is -0.934. The molecule has 4 aliphatic carbocycles. The number of rotatable bonds is 2. The average molecular weight is 491 g/mol. The number of hydrogen-bond donors (Lipinski definition) is 3. The number of likely N-dealkylation sites (tertiary alicyclic amines) is 1. The lowest BCUT2D eigenvalue weighted by Gasteiger charge is -2.62. The summed E-state index contributed by atoms with van der Waals surface area (Å²) >= 11 is 0. The number of aromatic amines is 1. The molecule has 4 atom stereocenters. The van der Waals surface area contributed by atoms with Gasteiger partial charge in [-0.1, -0.05) is 24.3 Å². The number of aromatic nitrogens is 1. The summed E-state index contributed by atoms with van der Waals surface area (Å²) in [7, 11) is 0. The fraction of sp³-hybridized carbons (Fsp3) is 0.438. The van der Waals surface area contributed by atoms with E-state index in [9.17, 15) is 10.2 Å². The van der Waals surface area contributed by atoms with Crippen LogP contribution in [-0.2, 0) is 31.1 Å². The van der Waals surface area contributed by atoms with Crippen LogP contribution in [0.5, 0.6) is 11.5 Å². The van der Waals surface area contributed by atoms with Gasteiger partial charge in [-0.15, -0.1) is 0 Å². The van der Waals surface area contributed by atoms with Crippen LogP contribution in [0.1, 0.15) is 58.9 Å². The van der Waals surface area contributed by atoms with Gasteiger partial charge in [-0.05, 0) is 90.8 Å². The fourth-order valence-electron chi connectivity index (χ4n) is 9.41. The molecule has 5 nitrogen and oxygen atoms in total. The number of phenols is 1. The molecule has 1 saturated carbocycles. The zero-order valence-electron chi connectivity index (χ0n) is 20.8. The first kappa shape index (κ1) is 20.0. The maximum Gasteiger partial charge on any atom is 0.166 e. The Morgan fingerprint density at radius 3 is 2.84 bits per heavy atom. The van der Waals surface area contributed by atoms with Crippen molar-refractivity contribution in [3.05, 3.63) is 69.9 Å². The number of nitrogens with zero attached hydrogens (tertiary/aromatic N) is 1. The number of fused-ring (bicyclic) bond motifs is 5. The highest BCUT2D eigenvalue weighted by atomic mass is 16.5. The summed E-state index contributed by atoms with van der Waals surface area (Å²) in [4.78, 5) is 6.47. The maximum atomic E-state index is 13.1. The van der Waals surface area contributed by atoms with Crippen molar-refractivity contribution in [1.82, 2.24) is 9.88 Å². The van der Waals surface area contributed by atoms with Crippen molar-refractivity contribution >= 4 is 21.7 Å². The summed E-state index contributed by atoms with van der Waals surface area (Å²) in [6.07, 6.45) is 6.81. The molecule has 4 aromatic rings. The van der Waals surface area contributed by atoms with Crippen LogP contribution in [0.25, 0.3) is 21.7 Å². The third-order valence-electron chi connectivity index (χ3n) is 11.1. The van der Waals surface area contributed by atoms with E-state index in [2.05, 4.69) is 40.2 Å². The molecular formula is C32H30N2O3. The Bertz CT molecular complexity index is 1720. The molecule has 3 aromatic carbocycles. The lowest BCUT2D eigenvalue weighted by atomic mass is 9.49.